The first-order chi connectivity index (χ1) is 14.0. The number of rotatable bonds is 7. The van der Waals surface area contributed by atoms with E-state index in [1.807, 2.05) is 26.2 Å². The lowest BCUT2D eigenvalue weighted by atomic mass is 10.1. The maximum atomic E-state index is 12.9. The summed E-state index contributed by atoms with van der Waals surface area (Å²) in [6.45, 7) is 9.02. The molecule has 0 saturated heterocycles. The molecule has 0 aliphatic rings. The van der Waals surface area contributed by atoms with Crippen LogP contribution in [0.15, 0.2) is 27.4 Å². The summed E-state index contributed by atoms with van der Waals surface area (Å²) in [6.07, 6.45) is 2.24. The van der Waals surface area contributed by atoms with Gasteiger partial charge in [-0.1, -0.05) is 6.92 Å². The van der Waals surface area contributed by atoms with E-state index in [-0.39, 0.29) is 0 Å². The predicted octanol–water partition coefficient (Wildman–Crippen LogP) is 4.22. The third-order valence-corrected chi connectivity index (χ3v) is 4.95. The number of benzene rings is 1. The largest absolute Gasteiger partial charge is 0.444 e. The van der Waals surface area contributed by atoms with Crippen molar-refractivity contribution in [2.24, 2.45) is 0 Å². The maximum absolute atomic E-state index is 12.9. The molecular weight excluding hydrogens is 406 g/mol. The number of alkyl carbamates (subject to hydrolysis) is 1. The molecule has 2 aromatic rings. The van der Waals surface area contributed by atoms with Crippen LogP contribution in [0.25, 0.3) is 11.0 Å². The summed E-state index contributed by atoms with van der Waals surface area (Å²) in [5.41, 5.74) is 0.792. The topological polar surface area (TPSA) is 94.8 Å². The molecule has 164 valence electrons. The normalized spacial score (nSPS) is 12.5. The summed E-state index contributed by atoms with van der Waals surface area (Å²) in [5, 5.41) is 3.39. The predicted molar refractivity (Wildman–Crippen MR) is 118 cm³/mol. The van der Waals surface area contributed by atoms with Gasteiger partial charge >= 0.3 is 17.7 Å². The van der Waals surface area contributed by atoms with Gasteiger partial charge in [0.2, 0.25) is 0 Å². The fourth-order valence-electron chi connectivity index (χ4n) is 2.88. The van der Waals surface area contributed by atoms with E-state index >= 15 is 0 Å². The summed E-state index contributed by atoms with van der Waals surface area (Å²) < 4.78 is 16.2. The van der Waals surface area contributed by atoms with Crippen LogP contribution in [0.1, 0.15) is 45.2 Å². The number of hydrogen-bond donors (Lipinski definition) is 1. The summed E-state index contributed by atoms with van der Waals surface area (Å²) >= 11 is 1.56. The Morgan fingerprint density at radius 3 is 2.53 bits per heavy atom. The minimum absolute atomic E-state index is 0.309. The smallest absolute Gasteiger partial charge is 0.408 e. The lowest BCUT2D eigenvalue weighted by Crippen LogP contribution is -2.45. The molecule has 0 aliphatic heterocycles. The summed E-state index contributed by atoms with van der Waals surface area (Å²) in [6, 6.07) is 3.97. The Morgan fingerprint density at radius 2 is 1.93 bits per heavy atom. The highest BCUT2D eigenvalue weighted by Gasteiger charge is 2.26. The van der Waals surface area contributed by atoms with Crippen LogP contribution in [0.2, 0.25) is 0 Å². The third-order valence-electron chi connectivity index (χ3n) is 4.31. The second-order valence-corrected chi connectivity index (χ2v) is 8.95. The van der Waals surface area contributed by atoms with Crippen molar-refractivity contribution in [2.45, 2.75) is 59.1 Å². The van der Waals surface area contributed by atoms with Crippen molar-refractivity contribution in [1.82, 2.24) is 5.32 Å². The number of aryl methyl sites for hydroxylation is 2. The number of carbonyl (C=O) groups is 2. The summed E-state index contributed by atoms with van der Waals surface area (Å²) in [4.78, 5) is 36.7. The van der Waals surface area contributed by atoms with E-state index in [1.54, 1.807) is 38.6 Å². The molecule has 0 spiro atoms. The maximum Gasteiger partial charge on any atom is 0.408 e. The third kappa shape index (κ3) is 6.52. The van der Waals surface area contributed by atoms with Crippen LogP contribution >= 0.6 is 11.8 Å². The van der Waals surface area contributed by atoms with Crippen molar-refractivity contribution in [3.8, 4) is 5.75 Å². The number of amides is 1. The van der Waals surface area contributed by atoms with E-state index in [1.165, 1.54) is 6.07 Å². The first-order valence-electron chi connectivity index (χ1n) is 9.81. The average molecular weight is 436 g/mol. The van der Waals surface area contributed by atoms with Crippen LogP contribution in [-0.2, 0) is 16.0 Å². The molecule has 1 aromatic heterocycles. The highest BCUT2D eigenvalue weighted by Crippen LogP contribution is 2.28. The van der Waals surface area contributed by atoms with Gasteiger partial charge < -0.3 is 19.2 Å². The molecule has 0 bridgehead atoms. The van der Waals surface area contributed by atoms with Crippen molar-refractivity contribution >= 4 is 34.8 Å². The molecule has 0 fully saturated rings. The molecule has 0 radical (unpaired) electrons. The average Bonchev–Trinajstić information content (AvgIpc) is 2.62. The fourth-order valence-corrected chi connectivity index (χ4v) is 3.35. The van der Waals surface area contributed by atoms with Crippen molar-refractivity contribution in [3.63, 3.8) is 0 Å². The number of fused-ring (bicyclic) bond motifs is 1. The van der Waals surface area contributed by atoms with Gasteiger partial charge in [0.25, 0.3) is 0 Å². The van der Waals surface area contributed by atoms with Gasteiger partial charge in [-0.2, -0.15) is 11.8 Å². The molecule has 8 heteroatoms. The second-order valence-electron chi connectivity index (χ2n) is 7.96. The first kappa shape index (κ1) is 23.8. The van der Waals surface area contributed by atoms with E-state index < -0.39 is 29.3 Å². The molecule has 1 N–H and O–H groups in total. The highest BCUT2D eigenvalue weighted by molar-refractivity contribution is 7.98. The van der Waals surface area contributed by atoms with Crippen LogP contribution in [-0.4, -0.2) is 35.7 Å². The second kappa shape index (κ2) is 10.0. The Hall–Kier alpha value is -2.48. The first-order valence-corrected chi connectivity index (χ1v) is 11.2. The van der Waals surface area contributed by atoms with Crippen molar-refractivity contribution < 1.29 is 23.5 Å². The molecular formula is C22H29NO6S. The Kier molecular flexibility index (Phi) is 7.95. The number of esters is 1. The summed E-state index contributed by atoms with van der Waals surface area (Å²) in [7, 11) is 0. The van der Waals surface area contributed by atoms with Crippen molar-refractivity contribution in [3.05, 3.63) is 39.7 Å². The Morgan fingerprint density at radius 1 is 1.23 bits per heavy atom. The van der Waals surface area contributed by atoms with Gasteiger partial charge in [0, 0.05) is 17.5 Å². The van der Waals surface area contributed by atoms with E-state index in [9.17, 15) is 14.4 Å². The van der Waals surface area contributed by atoms with Gasteiger partial charge in [0.05, 0.1) is 0 Å². The SMILES string of the molecule is CCc1cc2c(C)cc(=O)oc2cc1OC(=O)C(CCSC)NC(=O)OC(C)(C)C. The Labute approximate surface area is 180 Å². The Balaban J connectivity index is 2.30. The number of thioether (sulfide) groups is 1. The minimum atomic E-state index is -0.864. The highest BCUT2D eigenvalue weighted by atomic mass is 32.2. The number of hydrogen-bond acceptors (Lipinski definition) is 7. The van der Waals surface area contributed by atoms with Gasteiger partial charge in [-0.3, -0.25) is 0 Å². The lowest BCUT2D eigenvalue weighted by molar-refractivity contribution is -0.136. The van der Waals surface area contributed by atoms with Gasteiger partial charge in [0.1, 0.15) is 23.0 Å². The van der Waals surface area contributed by atoms with Crippen LogP contribution in [0.3, 0.4) is 0 Å². The fraction of sp³-hybridized carbons (Fsp3) is 0.500. The van der Waals surface area contributed by atoms with Crippen molar-refractivity contribution in [1.29, 1.82) is 0 Å². The molecule has 7 nitrogen and oxygen atoms in total. The quantitative estimate of drug-likeness (QED) is 0.395. The summed E-state index contributed by atoms with van der Waals surface area (Å²) in [5.74, 6) is 0.366. The van der Waals surface area contributed by atoms with Crippen LogP contribution in [0, 0.1) is 6.92 Å². The van der Waals surface area contributed by atoms with E-state index in [0.29, 0.717) is 29.9 Å². The molecule has 1 unspecified atom stereocenters. The van der Waals surface area contributed by atoms with Gasteiger partial charge in [0.15, 0.2) is 0 Å². The molecule has 2 rings (SSSR count). The zero-order valence-corrected chi connectivity index (χ0v) is 19.1. The minimum Gasteiger partial charge on any atom is -0.444 e. The van der Waals surface area contributed by atoms with Gasteiger partial charge in [-0.25, -0.2) is 14.4 Å². The monoisotopic (exact) mass is 435 g/mol. The molecule has 0 saturated carbocycles. The molecule has 1 heterocycles. The molecule has 1 amide bonds. The standard InChI is InChI=1S/C22H29NO6S/c1-7-14-11-15-13(2)10-19(24)27-18(15)12-17(14)28-20(25)16(8-9-30-6)23-21(26)29-22(3,4)5/h10-12,16H,7-9H2,1-6H3,(H,23,26). The Bertz CT molecular complexity index is 976. The van der Waals surface area contributed by atoms with E-state index in [2.05, 4.69) is 5.32 Å². The van der Waals surface area contributed by atoms with Crippen molar-refractivity contribution in [2.75, 3.05) is 12.0 Å². The van der Waals surface area contributed by atoms with Crippen LogP contribution in [0.4, 0.5) is 4.79 Å². The zero-order chi connectivity index (χ0) is 22.5. The lowest BCUT2D eigenvalue weighted by Gasteiger charge is -2.23. The molecule has 30 heavy (non-hydrogen) atoms. The molecule has 1 aromatic carbocycles. The zero-order valence-electron chi connectivity index (χ0n) is 18.3. The van der Waals surface area contributed by atoms with Crippen LogP contribution < -0.4 is 15.7 Å². The van der Waals surface area contributed by atoms with Crippen LogP contribution in [0.5, 0.6) is 5.75 Å². The molecule has 0 aliphatic carbocycles. The number of nitrogens with one attached hydrogen (secondary N) is 1. The van der Waals surface area contributed by atoms with E-state index in [4.69, 9.17) is 13.9 Å². The van der Waals surface area contributed by atoms with Gasteiger partial charge in [-0.15, -0.1) is 0 Å². The molecule has 1 atom stereocenters. The van der Waals surface area contributed by atoms with Gasteiger partial charge in [-0.05, 0) is 69.7 Å². The number of ether oxygens (including phenoxy) is 2. The van der Waals surface area contributed by atoms with E-state index in [0.717, 1.165) is 16.5 Å². The number of carbonyl (C=O) groups excluding carboxylic acids is 2.